The molecule has 0 saturated carbocycles. The molecule has 1 unspecified atom stereocenters. The second kappa shape index (κ2) is 8.97. The third kappa shape index (κ3) is 4.29. The number of aryl methyl sites for hydroxylation is 1. The molecule has 0 bridgehead atoms. The highest BCUT2D eigenvalue weighted by molar-refractivity contribution is 6.07. The molecule has 3 N–H and O–H groups in total. The summed E-state index contributed by atoms with van der Waals surface area (Å²) in [6.45, 7) is 3.30. The summed E-state index contributed by atoms with van der Waals surface area (Å²) in [7, 11) is 1.52. The van der Waals surface area contributed by atoms with Crippen LogP contribution in [0.25, 0.3) is 16.7 Å². The van der Waals surface area contributed by atoms with E-state index in [9.17, 15) is 22.8 Å². The Kier molecular flexibility index (Phi) is 6.18. The number of aromatic amines is 1. The molecule has 0 aliphatic carbocycles. The molecule has 11 heteroatoms. The number of rotatable bonds is 6. The van der Waals surface area contributed by atoms with Crippen molar-refractivity contribution in [3.05, 3.63) is 58.6 Å². The van der Waals surface area contributed by atoms with Crippen LogP contribution in [-0.4, -0.2) is 53.7 Å². The van der Waals surface area contributed by atoms with Gasteiger partial charge in [-0.15, -0.1) is 0 Å². The number of hydrogen-bond acceptors (Lipinski definition) is 5. The van der Waals surface area contributed by atoms with Crippen LogP contribution >= 0.6 is 0 Å². The Bertz CT molecular complexity index is 1350. The van der Waals surface area contributed by atoms with E-state index in [1.165, 1.54) is 19.3 Å². The second-order valence-corrected chi connectivity index (χ2v) is 8.12. The maximum atomic E-state index is 13.1. The molecule has 35 heavy (non-hydrogen) atoms. The molecule has 2 aromatic heterocycles. The molecule has 1 aliphatic rings. The predicted octanol–water partition coefficient (Wildman–Crippen LogP) is 4.58. The number of nitrogens with one attached hydrogen (secondary N) is 3. The quantitative estimate of drug-likeness (QED) is 0.348. The van der Waals surface area contributed by atoms with Crippen molar-refractivity contribution in [3.63, 3.8) is 0 Å². The standard InChI is InChI=1S/C24H23F3N4O4/c1-12-16(23(33)31-9-7-19(31)24(25,26)27)11-30-21(12)17(6-8-28)35-14-4-5-15-18(10-14)34-13(2)20(15)22(32)29-3/h4-6,8,10-11,19,28,30H,7,9H2,1-3H3,(H,29,32)/b17-6+,28-8?. The van der Waals surface area contributed by atoms with E-state index in [1.807, 2.05) is 0 Å². The molecule has 3 heterocycles. The highest BCUT2D eigenvalue weighted by Gasteiger charge is 2.51. The largest absolute Gasteiger partial charge is 0.460 e. The Morgan fingerprint density at radius 3 is 2.66 bits per heavy atom. The smallest absolute Gasteiger partial charge is 0.408 e. The zero-order valence-corrected chi connectivity index (χ0v) is 19.2. The van der Waals surface area contributed by atoms with Gasteiger partial charge in [-0.25, -0.2) is 0 Å². The van der Waals surface area contributed by atoms with Gasteiger partial charge in [-0.1, -0.05) is 0 Å². The number of carbonyl (C=O) groups is 2. The number of likely N-dealkylation sites (tertiary alicyclic amines) is 1. The van der Waals surface area contributed by atoms with Crippen molar-refractivity contribution in [3.8, 4) is 5.75 Å². The van der Waals surface area contributed by atoms with Crippen LogP contribution in [-0.2, 0) is 0 Å². The summed E-state index contributed by atoms with van der Waals surface area (Å²) in [5.74, 6) is -0.0417. The van der Waals surface area contributed by atoms with Gasteiger partial charge < -0.3 is 29.8 Å². The molecule has 1 saturated heterocycles. The Morgan fingerprint density at radius 1 is 1.31 bits per heavy atom. The first-order valence-corrected chi connectivity index (χ1v) is 10.8. The summed E-state index contributed by atoms with van der Waals surface area (Å²) in [6, 6.07) is 3.10. The second-order valence-electron chi connectivity index (χ2n) is 8.12. The normalized spacial score (nSPS) is 16.2. The molecule has 184 valence electrons. The fourth-order valence-corrected chi connectivity index (χ4v) is 4.14. The monoisotopic (exact) mass is 488 g/mol. The number of ether oxygens (including phenoxy) is 1. The number of furan rings is 1. The molecule has 1 fully saturated rings. The van der Waals surface area contributed by atoms with Crippen molar-refractivity contribution in [2.75, 3.05) is 13.6 Å². The number of aromatic nitrogens is 1. The van der Waals surface area contributed by atoms with Gasteiger partial charge in [0, 0.05) is 43.5 Å². The minimum absolute atomic E-state index is 0.0310. The highest BCUT2D eigenvalue weighted by atomic mass is 19.4. The number of nitrogens with zero attached hydrogens (tertiary/aromatic N) is 1. The summed E-state index contributed by atoms with van der Waals surface area (Å²) in [6.07, 6.45) is -0.914. The molecule has 0 spiro atoms. The highest BCUT2D eigenvalue weighted by Crippen LogP contribution is 2.36. The van der Waals surface area contributed by atoms with Crippen LogP contribution in [0.4, 0.5) is 13.2 Å². The molecule has 4 rings (SSSR count). The van der Waals surface area contributed by atoms with Crippen LogP contribution < -0.4 is 10.1 Å². The number of amides is 2. The van der Waals surface area contributed by atoms with E-state index < -0.39 is 18.1 Å². The molecule has 1 aromatic carbocycles. The van der Waals surface area contributed by atoms with Gasteiger partial charge in [0.05, 0.1) is 16.8 Å². The van der Waals surface area contributed by atoms with E-state index in [1.54, 1.807) is 32.0 Å². The lowest BCUT2D eigenvalue weighted by atomic mass is 10.00. The maximum Gasteiger partial charge on any atom is 0.408 e. The molecule has 1 atom stereocenters. The summed E-state index contributed by atoms with van der Waals surface area (Å²) in [5, 5.41) is 10.7. The van der Waals surface area contributed by atoms with Gasteiger partial charge in [0.15, 0.2) is 5.76 Å². The summed E-state index contributed by atoms with van der Waals surface area (Å²) < 4.78 is 51.0. The number of carbonyl (C=O) groups excluding carboxylic acids is 2. The maximum absolute atomic E-state index is 13.1. The van der Waals surface area contributed by atoms with Crippen LogP contribution in [0.2, 0.25) is 0 Å². The summed E-state index contributed by atoms with van der Waals surface area (Å²) >= 11 is 0. The fraction of sp³-hybridized carbons (Fsp3) is 0.292. The molecule has 1 aliphatic heterocycles. The number of benzene rings is 1. The Labute approximate surface area is 198 Å². The number of allylic oxidation sites excluding steroid dienone is 1. The SMILES string of the molecule is CNC(=O)c1c(C)oc2cc(O/C(=C/C=N)c3[nH]cc(C(=O)N4CCC4C(F)(F)F)c3C)ccc12. The van der Waals surface area contributed by atoms with Gasteiger partial charge in [0.25, 0.3) is 11.8 Å². The van der Waals surface area contributed by atoms with Crippen LogP contribution in [0.1, 0.15) is 44.2 Å². The van der Waals surface area contributed by atoms with E-state index in [-0.39, 0.29) is 30.2 Å². The lowest BCUT2D eigenvalue weighted by molar-refractivity contribution is -0.199. The minimum atomic E-state index is -4.48. The number of H-pyrrole nitrogens is 1. The van der Waals surface area contributed by atoms with Crippen molar-refractivity contribution < 1.29 is 31.9 Å². The third-order valence-corrected chi connectivity index (χ3v) is 6.03. The van der Waals surface area contributed by atoms with Crippen LogP contribution in [0.3, 0.4) is 0 Å². The van der Waals surface area contributed by atoms with Gasteiger partial charge in [-0.05, 0) is 38.0 Å². The number of halogens is 3. The lowest BCUT2D eigenvalue weighted by Crippen LogP contribution is -2.58. The fourth-order valence-electron chi connectivity index (χ4n) is 4.14. The molecule has 0 radical (unpaired) electrons. The molecule has 3 aromatic rings. The van der Waals surface area contributed by atoms with Crippen molar-refractivity contribution in [2.45, 2.75) is 32.5 Å². The molecule has 8 nitrogen and oxygen atoms in total. The topological polar surface area (TPSA) is 111 Å². The number of fused-ring (bicyclic) bond motifs is 1. The average molecular weight is 488 g/mol. The minimum Gasteiger partial charge on any atom is -0.460 e. The van der Waals surface area contributed by atoms with Crippen LogP contribution in [0, 0.1) is 19.3 Å². The zero-order valence-electron chi connectivity index (χ0n) is 19.2. The number of alkyl halides is 3. The molecular weight excluding hydrogens is 465 g/mol. The van der Waals surface area contributed by atoms with Gasteiger partial charge in [0.2, 0.25) is 0 Å². The van der Waals surface area contributed by atoms with Crippen LogP contribution in [0.5, 0.6) is 5.75 Å². The van der Waals surface area contributed by atoms with Crippen molar-refractivity contribution in [2.24, 2.45) is 0 Å². The van der Waals surface area contributed by atoms with Crippen LogP contribution in [0.15, 0.2) is 34.9 Å². The van der Waals surface area contributed by atoms with Gasteiger partial charge >= 0.3 is 6.18 Å². The molecular formula is C24H23F3N4O4. The molecule has 2 amide bonds. The summed E-state index contributed by atoms with van der Waals surface area (Å²) in [5.41, 5.74) is 1.68. The number of hydrogen-bond donors (Lipinski definition) is 3. The van der Waals surface area contributed by atoms with Crippen molar-refractivity contribution >= 4 is 34.8 Å². The Balaban J connectivity index is 1.62. The first-order valence-electron chi connectivity index (χ1n) is 10.8. The van der Waals surface area contributed by atoms with E-state index in [0.717, 1.165) is 11.1 Å². The van der Waals surface area contributed by atoms with Crippen molar-refractivity contribution in [1.29, 1.82) is 5.41 Å². The third-order valence-electron chi connectivity index (χ3n) is 6.03. The van der Waals surface area contributed by atoms with E-state index in [0.29, 0.717) is 39.3 Å². The first kappa shape index (κ1) is 24.1. The predicted molar refractivity (Wildman–Crippen MR) is 123 cm³/mol. The van der Waals surface area contributed by atoms with E-state index in [2.05, 4.69) is 10.3 Å². The summed E-state index contributed by atoms with van der Waals surface area (Å²) in [4.78, 5) is 28.6. The Morgan fingerprint density at radius 2 is 2.06 bits per heavy atom. The van der Waals surface area contributed by atoms with Gasteiger partial charge in [-0.3, -0.25) is 9.59 Å². The van der Waals surface area contributed by atoms with Gasteiger partial charge in [-0.2, -0.15) is 13.2 Å². The first-order chi connectivity index (χ1) is 16.6. The van der Waals surface area contributed by atoms with E-state index in [4.69, 9.17) is 14.6 Å². The van der Waals surface area contributed by atoms with E-state index >= 15 is 0 Å². The van der Waals surface area contributed by atoms with Gasteiger partial charge in [0.1, 0.15) is 23.1 Å². The zero-order chi connectivity index (χ0) is 25.5. The lowest BCUT2D eigenvalue weighted by Gasteiger charge is -2.41. The van der Waals surface area contributed by atoms with Crippen molar-refractivity contribution in [1.82, 2.24) is 15.2 Å². The Hall–Kier alpha value is -4.02. The average Bonchev–Trinajstić information content (AvgIpc) is 3.29.